The largest absolute Gasteiger partial charge is 0.476 e. The number of ether oxygens (including phenoxy) is 1. The predicted molar refractivity (Wildman–Crippen MR) is 71.4 cm³/mol. The van der Waals surface area contributed by atoms with Crippen molar-refractivity contribution in [3.05, 3.63) is 17.8 Å². The van der Waals surface area contributed by atoms with Gasteiger partial charge in [-0.05, 0) is 37.8 Å². The van der Waals surface area contributed by atoms with E-state index in [1.165, 1.54) is 25.7 Å². The summed E-state index contributed by atoms with van der Waals surface area (Å²) in [5, 5.41) is 11.2. The van der Waals surface area contributed by atoms with Gasteiger partial charge in [0, 0.05) is 12.6 Å². The average Bonchev–Trinajstić information content (AvgIpc) is 2.38. The van der Waals surface area contributed by atoms with E-state index in [0.29, 0.717) is 11.8 Å². The Kier molecular flexibility index (Phi) is 4.93. The zero-order chi connectivity index (χ0) is 12.8. The fourth-order valence-corrected chi connectivity index (χ4v) is 2.61. The molecular formula is C14H23N3O. The normalized spacial score (nSPS) is 23.9. The van der Waals surface area contributed by atoms with Crippen LogP contribution in [0.25, 0.3) is 0 Å². The summed E-state index contributed by atoms with van der Waals surface area (Å²) in [7, 11) is 1.90. The summed E-state index contributed by atoms with van der Waals surface area (Å²) in [5.74, 6) is 2.18. The maximum Gasteiger partial charge on any atom is 0.233 e. The van der Waals surface area contributed by atoms with Crippen LogP contribution in [0, 0.1) is 11.8 Å². The van der Waals surface area contributed by atoms with Gasteiger partial charge in [0.05, 0.1) is 12.3 Å². The first-order valence-corrected chi connectivity index (χ1v) is 6.88. The molecular weight excluding hydrogens is 226 g/mol. The Labute approximate surface area is 109 Å². The van der Waals surface area contributed by atoms with Crippen LogP contribution < -0.4 is 10.1 Å². The molecule has 4 nitrogen and oxygen atoms in total. The van der Waals surface area contributed by atoms with Gasteiger partial charge in [-0.15, -0.1) is 5.10 Å². The first kappa shape index (κ1) is 13.3. The zero-order valence-corrected chi connectivity index (χ0v) is 11.4. The lowest BCUT2D eigenvalue weighted by Gasteiger charge is -2.26. The van der Waals surface area contributed by atoms with Crippen LogP contribution in [0.5, 0.6) is 5.88 Å². The Balaban J connectivity index is 1.78. The molecule has 1 aromatic heterocycles. The quantitative estimate of drug-likeness (QED) is 0.870. The fraction of sp³-hybridized carbons (Fsp3) is 0.714. The van der Waals surface area contributed by atoms with Crippen LogP contribution in [-0.2, 0) is 6.54 Å². The minimum Gasteiger partial charge on any atom is -0.476 e. The van der Waals surface area contributed by atoms with Gasteiger partial charge in [0.1, 0.15) is 0 Å². The van der Waals surface area contributed by atoms with E-state index in [1.54, 1.807) is 0 Å². The summed E-state index contributed by atoms with van der Waals surface area (Å²) in [6.07, 6.45) is 5.28. The summed E-state index contributed by atoms with van der Waals surface area (Å²) in [5.41, 5.74) is 0.941. The van der Waals surface area contributed by atoms with Crippen LogP contribution in [0.2, 0.25) is 0 Å². The number of aromatic nitrogens is 2. The van der Waals surface area contributed by atoms with Gasteiger partial charge in [0.2, 0.25) is 5.88 Å². The van der Waals surface area contributed by atoms with Crippen molar-refractivity contribution in [2.75, 3.05) is 13.7 Å². The molecule has 2 rings (SSSR count). The second-order valence-electron chi connectivity index (χ2n) is 5.34. The lowest BCUT2D eigenvalue weighted by Crippen LogP contribution is -2.20. The predicted octanol–water partition coefficient (Wildman–Crippen LogP) is 2.40. The molecule has 0 spiro atoms. The van der Waals surface area contributed by atoms with E-state index in [2.05, 4.69) is 22.4 Å². The van der Waals surface area contributed by atoms with Gasteiger partial charge in [-0.1, -0.05) is 19.8 Å². The van der Waals surface area contributed by atoms with E-state index in [1.807, 2.05) is 19.2 Å². The fourth-order valence-electron chi connectivity index (χ4n) is 2.61. The molecule has 1 saturated carbocycles. The Morgan fingerprint density at radius 2 is 2.22 bits per heavy atom. The Bertz CT molecular complexity index is 353. The van der Waals surface area contributed by atoms with Crippen molar-refractivity contribution in [2.24, 2.45) is 11.8 Å². The number of nitrogens with zero attached hydrogens (tertiary/aromatic N) is 2. The molecule has 1 fully saturated rings. The number of hydrogen-bond donors (Lipinski definition) is 1. The first-order chi connectivity index (χ1) is 8.78. The lowest BCUT2D eigenvalue weighted by molar-refractivity contribution is 0.176. The molecule has 0 radical (unpaired) electrons. The monoisotopic (exact) mass is 249 g/mol. The van der Waals surface area contributed by atoms with E-state index in [4.69, 9.17) is 4.74 Å². The van der Waals surface area contributed by atoms with Crippen molar-refractivity contribution in [1.82, 2.24) is 15.5 Å². The molecule has 4 heteroatoms. The molecule has 0 aromatic carbocycles. The molecule has 100 valence electrons. The molecule has 1 aliphatic rings. The third-order valence-electron chi connectivity index (χ3n) is 3.57. The maximum absolute atomic E-state index is 5.73. The number of hydrogen-bond acceptors (Lipinski definition) is 4. The molecule has 0 saturated heterocycles. The van der Waals surface area contributed by atoms with Crippen LogP contribution in [0.15, 0.2) is 12.1 Å². The Morgan fingerprint density at radius 3 is 2.89 bits per heavy atom. The maximum atomic E-state index is 5.73. The molecule has 1 aromatic rings. The topological polar surface area (TPSA) is 47.0 Å². The second-order valence-corrected chi connectivity index (χ2v) is 5.34. The minimum absolute atomic E-state index is 0.646. The van der Waals surface area contributed by atoms with E-state index in [0.717, 1.165) is 24.8 Å². The van der Waals surface area contributed by atoms with E-state index >= 15 is 0 Å². The van der Waals surface area contributed by atoms with Gasteiger partial charge in [0.15, 0.2) is 0 Å². The summed E-state index contributed by atoms with van der Waals surface area (Å²) in [6.45, 7) is 3.86. The van der Waals surface area contributed by atoms with E-state index in [9.17, 15) is 0 Å². The molecule has 0 amide bonds. The van der Waals surface area contributed by atoms with Crippen LogP contribution in [0.3, 0.4) is 0 Å². The molecule has 2 unspecified atom stereocenters. The highest BCUT2D eigenvalue weighted by Gasteiger charge is 2.19. The molecule has 0 bridgehead atoms. The van der Waals surface area contributed by atoms with Gasteiger partial charge < -0.3 is 10.1 Å². The third-order valence-corrected chi connectivity index (χ3v) is 3.57. The third kappa shape index (κ3) is 3.95. The van der Waals surface area contributed by atoms with E-state index in [-0.39, 0.29) is 0 Å². The highest BCUT2D eigenvalue weighted by molar-refractivity contribution is 5.11. The Hall–Kier alpha value is -1.16. The van der Waals surface area contributed by atoms with Gasteiger partial charge in [-0.25, -0.2) is 0 Å². The second kappa shape index (κ2) is 6.69. The summed E-state index contributed by atoms with van der Waals surface area (Å²) < 4.78 is 5.73. The van der Waals surface area contributed by atoms with Crippen molar-refractivity contribution in [1.29, 1.82) is 0 Å². The van der Waals surface area contributed by atoms with Crippen LogP contribution >= 0.6 is 0 Å². The molecule has 0 aliphatic heterocycles. The van der Waals surface area contributed by atoms with Gasteiger partial charge >= 0.3 is 0 Å². The minimum atomic E-state index is 0.646. The number of nitrogens with one attached hydrogen (secondary N) is 1. The smallest absolute Gasteiger partial charge is 0.233 e. The van der Waals surface area contributed by atoms with E-state index < -0.39 is 0 Å². The van der Waals surface area contributed by atoms with Crippen molar-refractivity contribution < 1.29 is 4.74 Å². The molecule has 1 aliphatic carbocycles. The van der Waals surface area contributed by atoms with Gasteiger partial charge in [-0.2, -0.15) is 5.10 Å². The van der Waals surface area contributed by atoms with Crippen molar-refractivity contribution >= 4 is 0 Å². The Morgan fingerprint density at radius 1 is 1.33 bits per heavy atom. The van der Waals surface area contributed by atoms with Gasteiger partial charge in [-0.3, -0.25) is 0 Å². The highest BCUT2D eigenvalue weighted by Crippen LogP contribution is 2.28. The number of rotatable bonds is 5. The first-order valence-electron chi connectivity index (χ1n) is 6.88. The lowest BCUT2D eigenvalue weighted by atomic mass is 9.83. The molecule has 1 heterocycles. The standard InChI is InChI=1S/C14H23N3O/c1-11-4-3-5-12(8-11)10-18-14-7-6-13(9-15-2)16-17-14/h6-7,11-12,15H,3-5,8-10H2,1-2H3. The van der Waals surface area contributed by atoms with Crippen LogP contribution in [0.1, 0.15) is 38.3 Å². The highest BCUT2D eigenvalue weighted by atomic mass is 16.5. The average molecular weight is 249 g/mol. The van der Waals surface area contributed by atoms with Crippen molar-refractivity contribution in [3.63, 3.8) is 0 Å². The molecule has 18 heavy (non-hydrogen) atoms. The SMILES string of the molecule is CNCc1ccc(OCC2CCCC(C)C2)nn1. The van der Waals surface area contributed by atoms with Crippen molar-refractivity contribution in [3.8, 4) is 5.88 Å². The molecule has 2 atom stereocenters. The van der Waals surface area contributed by atoms with Gasteiger partial charge in [0.25, 0.3) is 0 Å². The zero-order valence-electron chi connectivity index (χ0n) is 11.4. The summed E-state index contributed by atoms with van der Waals surface area (Å²) in [4.78, 5) is 0. The summed E-state index contributed by atoms with van der Waals surface area (Å²) >= 11 is 0. The van der Waals surface area contributed by atoms with Crippen LogP contribution in [-0.4, -0.2) is 23.9 Å². The summed E-state index contributed by atoms with van der Waals surface area (Å²) in [6, 6.07) is 3.87. The van der Waals surface area contributed by atoms with Crippen LogP contribution in [0.4, 0.5) is 0 Å². The molecule has 1 N–H and O–H groups in total. The van der Waals surface area contributed by atoms with Crippen molar-refractivity contribution in [2.45, 2.75) is 39.2 Å².